The van der Waals surface area contributed by atoms with Crippen molar-refractivity contribution in [1.29, 1.82) is 0 Å². The minimum atomic E-state index is -0.539. The Bertz CT molecular complexity index is 87.7. The molecule has 0 aromatic heterocycles. The summed E-state index contributed by atoms with van der Waals surface area (Å²) in [5.74, 6) is 4.50. The molecule has 40 valence electrons. The van der Waals surface area contributed by atoms with E-state index in [9.17, 15) is 4.79 Å². The molecule has 0 spiro atoms. The lowest BCUT2D eigenvalue weighted by molar-refractivity contribution is 0.249. The smallest absolute Gasteiger partial charge is 0.338 e. The van der Waals surface area contributed by atoms with Crippen molar-refractivity contribution >= 4 is 6.03 Å². The summed E-state index contributed by atoms with van der Waals surface area (Å²) >= 11 is 0. The van der Waals surface area contributed by atoms with E-state index in [0.29, 0.717) is 0 Å². The molecule has 0 aromatic carbocycles. The molecule has 0 aromatic rings. The van der Waals surface area contributed by atoms with Crippen molar-refractivity contribution in [3.63, 3.8) is 0 Å². The number of amides is 2. The van der Waals surface area contributed by atoms with Crippen molar-refractivity contribution in [2.45, 2.75) is 0 Å². The van der Waals surface area contributed by atoms with Gasteiger partial charge in [-0.15, -0.1) is 0 Å². The second kappa shape index (κ2) is 3.08. The molecule has 5 heteroatoms. The van der Waals surface area contributed by atoms with E-state index < -0.39 is 6.03 Å². The van der Waals surface area contributed by atoms with Gasteiger partial charge >= 0.3 is 6.03 Å². The number of rotatable bonds is 0. The fraction of sp³-hybridized carbons (Fsp3) is 0.500. The van der Waals surface area contributed by atoms with Gasteiger partial charge in [0.1, 0.15) is 0 Å². The lowest BCUT2D eigenvalue weighted by Gasteiger charge is -1.81. The molecule has 0 unspecified atom stereocenters. The van der Waals surface area contributed by atoms with Gasteiger partial charge in [-0.3, -0.25) is 0 Å². The first-order chi connectivity index (χ1) is 3.31. The molecule has 0 saturated heterocycles. The molecule has 7 heavy (non-hydrogen) atoms. The molecule has 3 N–H and O–H groups in total. The van der Waals surface area contributed by atoms with Gasteiger partial charge in [-0.2, -0.15) is 0 Å². The van der Waals surface area contributed by atoms with Crippen LogP contribution in [0, 0.1) is 0 Å². The van der Waals surface area contributed by atoms with Crippen LogP contribution in [0.2, 0.25) is 0 Å². The maximum Gasteiger partial charge on any atom is 0.360 e. The fourth-order valence-corrected chi connectivity index (χ4v) is 0.102. The Kier molecular flexibility index (Phi) is 2.58. The standard InChI is InChI=1S/C2H6N4O/c1-4-2(7)5-6-3/h1H3,(H3,3,4,5,7). The number of carbonyl (C=O) groups excluding carboxylic acids is 1. The van der Waals surface area contributed by atoms with Gasteiger partial charge in [0, 0.05) is 7.05 Å². The summed E-state index contributed by atoms with van der Waals surface area (Å²) in [7, 11) is 1.44. The van der Waals surface area contributed by atoms with Crippen LogP contribution in [0.4, 0.5) is 4.79 Å². The maximum absolute atomic E-state index is 9.96. The highest BCUT2D eigenvalue weighted by Crippen LogP contribution is 1.67. The van der Waals surface area contributed by atoms with Crippen LogP contribution in [-0.4, -0.2) is 13.1 Å². The number of nitrogens with two attached hydrogens (primary N) is 1. The fourth-order valence-electron chi connectivity index (χ4n) is 0.102. The van der Waals surface area contributed by atoms with Crippen molar-refractivity contribution in [1.82, 2.24) is 5.32 Å². The normalized spacial score (nSPS) is 9.29. The molecule has 5 nitrogen and oxygen atoms in total. The highest BCUT2D eigenvalue weighted by atomic mass is 16.2. The summed E-state index contributed by atoms with van der Waals surface area (Å²) in [5.41, 5.74) is 0. The highest BCUT2D eigenvalue weighted by molar-refractivity contribution is 5.73. The Balaban J connectivity index is 3.37. The summed E-state index contributed by atoms with van der Waals surface area (Å²) in [5, 5.41) is 7.80. The van der Waals surface area contributed by atoms with E-state index in [0.717, 1.165) is 0 Å². The second-order valence-electron chi connectivity index (χ2n) is 0.771. The van der Waals surface area contributed by atoms with Gasteiger partial charge in [-0.05, 0) is 0 Å². The van der Waals surface area contributed by atoms with Crippen LogP contribution in [0.15, 0.2) is 10.3 Å². The molecule has 0 aliphatic rings. The summed E-state index contributed by atoms with van der Waals surface area (Å²) in [6.07, 6.45) is 0. The van der Waals surface area contributed by atoms with E-state index in [-0.39, 0.29) is 0 Å². The first-order valence-electron chi connectivity index (χ1n) is 1.64. The van der Waals surface area contributed by atoms with Crippen LogP contribution in [0.25, 0.3) is 0 Å². The average molecular weight is 102 g/mol. The molecule has 0 radical (unpaired) electrons. The van der Waals surface area contributed by atoms with Gasteiger partial charge in [0.05, 0.1) is 0 Å². The maximum atomic E-state index is 9.96. The highest BCUT2D eigenvalue weighted by Gasteiger charge is 1.85. The molecule has 2 amide bonds. The summed E-state index contributed by atoms with van der Waals surface area (Å²) in [6, 6.07) is -0.539. The number of hydrogen-bond acceptors (Lipinski definition) is 2. The van der Waals surface area contributed by atoms with Crippen molar-refractivity contribution in [3.8, 4) is 0 Å². The van der Waals surface area contributed by atoms with Gasteiger partial charge in [0.2, 0.25) is 0 Å². The molecule has 0 rings (SSSR count). The molecule has 0 aliphatic heterocycles. The molecular formula is C2H6N4O. The predicted molar refractivity (Wildman–Crippen MR) is 23.5 cm³/mol. The Morgan fingerprint density at radius 1 is 1.86 bits per heavy atom. The monoisotopic (exact) mass is 102 g/mol. The molecular weight excluding hydrogens is 96.0 g/mol. The van der Waals surface area contributed by atoms with Crippen molar-refractivity contribution in [2.24, 2.45) is 16.2 Å². The Morgan fingerprint density at radius 3 is 2.57 bits per heavy atom. The summed E-state index contributed by atoms with van der Waals surface area (Å²) in [6.45, 7) is 0. The number of carbonyl (C=O) groups is 1. The van der Waals surface area contributed by atoms with Crippen LogP contribution in [0.5, 0.6) is 0 Å². The summed E-state index contributed by atoms with van der Waals surface area (Å²) in [4.78, 5) is 9.96. The summed E-state index contributed by atoms with van der Waals surface area (Å²) < 4.78 is 0. The van der Waals surface area contributed by atoms with Gasteiger partial charge in [0.25, 0.3) is 0 Å². The van der Waals surface area contributed by atoms with E-state index in [1.807, 2.05) is 0 Å². The lowest BCUT2D eigenvalue weighted by atomic mass is 11.0. The second-order valence-corrected chi connectivity index (χ2v) is 0.771. The van der Waals surface area contributed by atoms with Crippen LogP contribution in [-0.2, 0) is 0 Å². The van der Waals surface area contributed by atoms with Crippen LogP contribution < -0.4 is 11.2 Å². The van der Waals surface area contributed by atoms with Crippen LogP contribution >= 0.6 is 0 Å². The molecule has 0 aliphatic carbocycles. The molecule has 0 atom stereocenters. The van der Waals surface area contributed by atoms with Gasteiger partial charge in [0.15, 0.2) is 0 Å². The third-order valence-electron chi connectivity index (χ3n) is 0.362. The third-order valence-corrected chi connectivity index (χ3v) is 0.362. The predicted octanol–water partition coefficient (Wildman–Crippen LogP) is -0.348. The van der Waals surface area contributed by atoms with Crippen molar-refractivity contribution in [3.05, 3.63) is 0 Å². The first-order valence-corrected chi connectivity index (χ1v) is 1.64. The largest absolute Gasteiger partial charge is 0.360 e. The van der Waals surface area contributed by atoms with E-state index in [1.165, 1.54) is 7.05 Å². The number of nitrogens with one attached hydrogen (secondary N) is 1. The zero-order valence-corrected chi connectivity index (χ0v) is 3.88. The first kappa shape index (κ1) is 5.87. The lowest BCUT2D eigenvalue weighted by Crippen LogP contribution is -2.12. The Labute approximate surface area is 40.6 Å². The average Bonchev–Trinajstić information content (AvgIpc) is 1.68. The SMILES string of the molecule is CNC(=O)/N=N\N. The molecule has 0 heterocycles. The topological polar surface area (TPSA) is 79.8 Å². The van der Waals surface area contributed by atoms with Gasteiger partial charge in [-0.25, -0.2) is 4.79 Å². The number of urea groups is 1. The van der Waals surface area contributed by atoms with Crippen LogP contribution in [0.1, 0.15) is 0 Å². The van der Waals surface area contributed by atoms with Crippen LogP contribution in [0.3, 0.4) is 0 Å². The van der Waals surface area contributed by atoms with Gasteiger partial charge in [-0.1, -0.05) is 10.3 Å². The van der Waals surface area contributed by atoms with E-state index in [2.05, 4.69) is 21.5 Å². The van der Waals surface area contributed by atoms with E-state index in [4.69, 9.17) is 0 Å². The van der Waals surface area contributed by atoms with Crippen molar-refractivity contribution < 1.29 is 4.79 Å². The molecule has 0 bridgehead atoms. The quantitative estimate of drug-likeness (QED) is 0.249. The van der Waals surface area contributed by atoms with Gasteiger partial charge < -0.3 is 11.2 Å². The third kappa shape index (κ3) is 2.68. The minimum Gasteiger partial charge on any atom is -0.338 e. The number of nitrogens with zero attached hydrogens (tertiary/aromatic N) is 2. The Morgan fingerprint density at radius 2 is 2.43 bits per heavy atom. The zero-order chi connectivity index (χ0) is 5.70. The van der Waals surface area contributed by atoms with E-state index in [1.54, 1.807) is 0 Å². The number of hydrogen-bond donors (Lipinski definition) is 2. The molecule has 0 saturated carbocycles. The molecule has 0 fully saturated rings. The minimum absolute atomic E-state index is 0.539. The van der Waals surface area contributed by atoms with E-state index >= 15 is 0 Å². The zero-order valence-electron chi connectivity index (χ0n) is 3.88. The Hall–Kier alpha value is -1.13. The van der Waals surface area contributed by atoms with Crippen molar-refractivity contribution in [2.75, 3.05) is 7.05 Å².